The predicted molar refractivity (Wildman–Crippen MR) is 88.6 cm³/mol. The van der Waals surface area contributed by atoms with Gasteiger partial charge in [-0.05, 0) is 5.56 Å². The molecular formula is C16H23ClN2O4. The topological polar surface area (TPSA) is 76.7 Å². The van der Waals surface area contributed by atoms with Crippen molar-refractivity contribution in [2.45, 2.75) is 24.9 Å². The molecule has 0 spiro atoms. The summed E-state index contributed by atoms with van der Waals surface area (Å²) in [4.78, 5) is 24.0. The molecule has 2 rings (SSSR count). The average Bonchev–Trinajstić information content (AvgIpc) is 2.55. The van der Waals surface area contributed by atoms with E-state index in [0.717, 1.165) is 12.1 Å². The van der Waals surface area contributed by atoms with Gasteiger partial charge in [0.2, 0.25) is 5.91 Å². The van der Waals surface area contributed by atoms with E-state index in [2.05, 4.69) is 10.6 Å². The van der Waals surface area contributed by atoms with Crippen LogP contribution in [-0.2, 0) is 25.5 Å². The molecule has 1 amide bonds. The summed E-state index contributed by atoms with van der Waals surface area (Å²) in [7, 11) is 1.32. The molecule has 1 aliphatic heterocycles. The van der Waals surface area contributed by atoms with E-state index in [1.807, 2.05) is 30.3 Å². The van der Waals surface area contributed by atoms with E-state index in [1.165, 1.54) is 7.11 Å². The highest BCUT2D eigenvalue weighted by molar-refractivity contribution is 5.85. The first-order chi connectivity index (χ1) is 10.7. The van der Waals surface area contributed by atoms with E-state index in [9.17, 15) is 9.59 Å². The van der Waals surface area contributed by atoms with E-state index in [1.54, 1.807) is 0 Å². The quantitative estimate of drug-likeness (QED) is 0.744. The number of halogens is 1. The van der Waals surface area contributed by atoms with Gasteiger partial charge in [-0.25, -0.2) is 4.79 Å². The Kier molecular flexibility index (Phi) is 8.61. The van der Waals surface area contributed by atoms with E-state index in [4.69, 9.17) is 9.47 Å². The monoisotopic (exact) mass is 342 g/mol. The molecule has 128 valence electrons. The minimum atomic E-state index is -0.676. The SMILES string of the molecule is COC(=O)C(Cc1ccccc1)NC(=O)CC1COCCN1.Cl. The molecule has 0 saturated carbocycles. The second kappa shape index (κ2) is 10.2. The molecule has 2 N–H and O–H groups in total. The molecule has 2 unspecified atom stereocenters. The molecule has 6 nitrogen and oxygen atoms in total. The van der Waals surface area contributed by atoms with Gasteiger partial charge in [0, 0.05) is 25.4 Å². The number of morpholine rings is 1. The van der Waals surface area contributed by atoms with Crippen molar-refractivity contribution in [3.8, 4) is 0 Å². The van der Waals surface area contributed by atoms with Crippen LogP contribution in [0, 0.1) is 0 Å². The van der Waals surface area contributed by atoms with Crippen molar-refractivity contribution < 1.29 is 19.1 Å². The predicted octanol–water partition coefficient (Wildman–Crippen LogP) is 0.687. The first-order valence-corrected chi connectivity index (χ1v) is 7.41. The molecule has 0 radical (unpaired) electrons. The van der Waals surface area contributed by atoms with Crippen molar-refractivity contribution >= 4 is 24.3 Å². The van der Waals surface area contributed by atoms with E-state index in [0.29, 0.717) is 19.6 Å². The number of amides is 1. The van der Waals surface area contributed by atoms with Crippen LogP contribution in [0.25, 0.3) is 0 Å². The van der Waals surface area contributed by atoms with Crippen LogP contribution < -0.4 is 10.6 Å². The molecule has 1 saturated heterocycles. The van der Waals surface area contributed by atoms with Gasteiger partial charge < -0.3 is 20.1 Å². The fraction of sp³-hybridized carbons (Fsp3) is 0.500. The maximum Gasteiger partial charge on any atom is 0.328 e. The Morgan fingerprint density at radius 3 is 2.74 bits per heavy atom. The van der Waals surface area contributed by atoms with Gasteiger partial charge in [0.15, 0.2) is 0 Å². The zero-order chi connectivity index (χ0) is 15.8. The summed E-state index contributed by atoms with van der Waals surface area (Å²) in [6.45, 7) is 1.91. The third kappa shape index (κ3) is 6.56. The highest BCUT2D eigenvalue weighted by atomic mass is 35.5. The molecule has 0 aliphatic carbocycles. The summed E-state index contributed by atoms with van der Waals surface area (Å²) in [5.74, 6) is -0.626. The minimum Gasteiger partial charge on any atom is -0.467 e. The normalized spacial score (nSPS) is 18.4. The van der Waals surface area contributed by atoms with Gasteiger partial charge in [0.25, 0.3) is 0 Å². The lowest BCUT2D eigenvalue weighted by molar-refractivity contribution is -0.145. The third-order valence-corrected chi connectivity index (χ3v) is 3.53. The van der Waals surface area contributed by atoms with Gasteiger partial charge in [-0.3, -0.25) is 4.79 Å². The van der Waals surface area contributed by atoms with E-state index in [-0.39, 0.29) is 30.8 Å². The van der Waals surface area contributed by atoms with Crippen LogP contribution in [0.2, 0.25) is 0 Å². The third-order valence-electron chi connectivity index (χ3n) is 3.53. The molecule has 1 fully saturated rings. The van der Waals surface area contributed by atoms with Gasteiger partial charge in [-0.15, -0.1) is 12.4 Å². The number of ether oxygens (including phenoxy) is 2. The van der Waals surface area contributed by atoms with E-state index < -0.39 is 12.0 Å². The lowest BCUT2D eigenvalue weighted by atomic mass is 10.1. The number of carbonyl (C=O) groups is 2. The van der Waals surface area contributed by atoms with Crippen LogP contribution >= 0.6 is 12.4 Å². The number of hydrogen-bond acceptors (Lipinski definition) is 5. The smallest absolute Gasteiger partial charge is 0.328 e. The Morgan fingerprint density at radius 2 is 2.13 bits per heavy atom. The maximum absolute atomic E-state index is 12.1. The van der Waals surface area contributed by atoms with Crippen LogP contribution in [0.3, 0.4) is 0 Å². The van der Waals surface area contributed by atoms with Crippen LogP contribution in [0.1, 0.15) is 12.0 Å². The zero-order valence-corrected chi connectivity index (χ0v) is 13.9. The molecular weight excluding hydrogens is 320 g/mol. The molecule has 7 heteroatoms. The fourth-order valence-corrected chi connectivity index (χ4v) is 2.41. The molecule has 1 aromatic rings. The lowest BCUT2D eigenvalue weighted by Crippen LogP contribution is -2.48. The summed E-state index contributed by atoms with van der Waals surface area (Å²) in [6.07, 6.45) is 0.691. The average molecular weight is 343 g/mol. The second-order valence-electron chi connectivity index (χ2n) is 5.26. The second-order valence-corrected chi connectivity index (χ2v) is 5.26. The zero-order valence-electron chi connectivity index (χ0n) is 13.1. The summed E-state index contributed by atoms with van der Waals surface area (Å²) < 4.78 is 10.1. The highest BCUT2D eigenvalue weighted by Gasteiger charge is 2.24. The van der Waals surface area contributed by atoms with Gasteiger partial charge in [0.05, 0.1) is 20.3 Å². The number of carbonyl (C=O) groups excluding carboxylic acids is 2. The number of esters is 1. The summed E-state index contributed by atoms with van der Waals surface area (Å²) >= 11 is 0. The lowest BCUT2D eigenvalue weighted by Gasteiger charge is -2.24. The number of methoxy groups -OCH3 is 1. The maximum atomic E-state index is 12.1. The highest BCUT2D eigenvalue weighted by Crippen LogP contribution is 2.06. The molecule has 0 bridgehead atoms. The van der Waals surface area contributed by atoms with Crippen LogP contribution in [0.5, 0.6) is 0 Å². The minimum absolute atomic E-state index is 0. The van der Waals surface area contributed by atoms with Crippen molar-refractivity contribution in [3.05, 3.63) is 35.9 Å². The number of nitrogens with one attached hydrogen (secondary N) is 2. The molecule has 0 aromatic heterocycles. The number of benzene rings is 1. The molecule has 1 heterocycles. The van der Waals surface area contributed by atoms with Crippen LogP contribution in [0.4, 0.5) is 0 Å². The fourth-order valence-electron chi connectivity index (χ4n) is 2.41. The summed E-state index contributed by atoms with van der Waals surface area (Å²) in [5, 5.41) is 5.97. The Bertz CT molecular complexity index is 492. The largest absolute Gasteiger partial charge is 0.467 e. The van der Waals surface area contributed by atoms with Gasteiger partial charge in [-0.2, -0.15) is 0 Å². The van der Waals surface area contributed by atoms with Crippen molar-refractivity contribution in [1.29, 1.82) is 0 Å². The molecule has 1 aliphatic rings. The molecule has 2 atom stereocenters. The number of hydrogen-bond donors (Lipinski definition) is 2. The van der Waals surface area contributed by atoms with Crippen molar-refractivity contribution in [3.63, 3.8) is 0 Å². The Balaban J connectivity index is 0.00000264. The summed E-state index contributed by atoms with van der Waals surface area (Å²) in [6, 6.07) is 8.85. The Labute approximate surface area is 142 Å². The van der Waals surface area contributed by atoms with E-state index >= 15 is 0 Å². The molecule has 1 aromatic carbocycles. The van der Waals surface area contributed by atoms with Crippen molar-refractivity contribution in [2.24, 2.45) is 0 Å². The summed E-state index contributed by atoms with van der Waals surface area (Å²) in [5.41, 5.74) is 0.970. The van der Waals surface area contributed by atoms with Gasteiger partial charge >= 0.3 is 5.97 Å². The van der Waals surface area contributed by atoms with Crippen LogP contribution in [-0.4, -0.2) is 50.8 Å². The Hall–Kier alpha value is -1.63. The first kappa shape index (κ1) is 19.4. The standard InChI is InChI=1S/C16H22N2O4.ClH/c1-21-16(20)14(9-12-5-3-2-4-6-12)18-15(19)10-13-11-22-8-7-17-13;/h2-6,13-14,17H,7-11H2,1H3,(H,18,19);1H. The number of rotatable bonds is 6. The van der Waals surface area contributed by atoms with Crippen molar-refractivity contribution in [1.82, 2.24) is 10.6 Å². The Morgan fingerprint density at radius 1 is 1.39 bits per heavy atom. The van der Waals surface area contributed by atoms with Gasteiger partial charge in [0.1, 0.15) is 6.04 Å². The van der Waals surface area contributed by atoms with Gasteiger partial charge in [-0.1, -0.05) is 30.3 Å². The first-order valence-electron chi connectivity index (χ1n) is 7.41. The van der Waals surface area contributed by atoms with Crippen LogP contribution in [0.15, 0.2) is 30.3 Å². The molecule has 23 heavy (non-hydrogen) atoms. The van der Waals surface area contributed by atoms with Crippen molar-refractivity contribution in [2.75, 3.05) is 26.9 Å².